The van der Waals surface area contributed by atoms with Gasteiger partial charge in [-0.25, -0.2) is 0 Å². The molecule has 0 aromatic carbocycles. The van der Waals surface area contributed by atoms with Crippen molar-refractivity contribution in [3.8, 4) is 5.82 Å². The van der Waals surface area contributed by atoms with Crippen LogP contribution in [0, 0.1) is 6.92 Å². The van der Waals surface area contributed by atoms with E-state index in [0.29, 0.717) is 0 Å². The Morgan fingerprint density at radius 3 is 3.00 bits per heavy atom. The van der Waals surface area contributed by atoms with E-state index in [2.05, 4.69) is 10.1 Å². The summed E-state index contributed by atoms with van der Waals surface area (Å²) in [5.41, 5.74) is 1.14. The van der Waals surface area contributed by atoms with Gasteiger partial charge in [-0.05, 0) is 0 Å². The van der Waals surface area contributed by atoms with Crippen LogP contribution >= 0.6 is 0 Å². The van der Waals surface area contributed by atoms with E-state index >= 15 is 0 Å². The van der Waals surface area contributed by atoms with E-state index in [-0.39, 0.29) is 0 Å². The molecule has 0 bridgehead atoms. The predicted octanol–water partition coefficient (Wildman–Crippen LogP) is -0.828. The van der Waals surface area contributed by atoms with Gasteiger partial charge in [0.1, 0.15) is 0 Å². The van der Waals surface area contributed by atoms with Crippen LogP contribution in [0.4, 0.5) is 0 Å². The Kier molecular flexibility index (Phi) is 2.00. The minimum absolute atomic E-state index is 0.899. The first kappa shape index (κ1) is 8.23. The second-order valence-corrected chi connectivity index (χ2v) is 3.11. The first-order valence-corrected chi connectivity index (χ1v) is 4.20. The molecule has 3 nitrogen and oxygen atoms in total. The Balaban J connectivity index is 2.52. The van der Waals surface area contributed by atoms with Gasteiger partial charge in [-0.3, -0.25) is 0 Å². The van der Waals surface area contributed by atoms with Gasteiger partial charge in [-0.2, -0.15) is 0 Å². The molecule has 0 spiro atoms. The predicted molar refractivity (Wildman–Crippen MR) is 55.6 cm³/mol. The van der Waals surface area contributed by atoms with Crippen molar-refractivity contribution in [2.24, 2.45) is 0 Å². The second kappa shape index (κ2) is 3.17. The SMILES string of the molecule is Bc1bccnc1-n1cc(C)cn1. The summed E-state index contributed by atoms with van der Waals surface area (Å²) in [5.74, 6) is 2.82. The quantitative estimate of drug-likeness (QED) is 0.521. The molecule has 2 rings (SSSR count). The molecular formula is C8H9B2N3. The van der Waals surface area contributed by atoms with Crippen LogP contribution < -0.4 is 5.36 Å². The van der Waals surface area contributed by atoms with Crippen molar-refractivity contribution in [3.63, 3.8) is 0 Å². The summed E-state index contributed by atoms with van der Waals surface area (Å²) in [6.07, 6.45) is 5.57. The van der Waals surface area contributed by atoms with E-state index in [4.69, 9.17) is 0 Å². The molecule has 0 saturated heterocycles. The average molecular weight is 169 g/mol. The molecule has 2 aromatic heterocycles. The molecule has 0 fully saturated rings. The fraction of sp³-hybridized carbons (Fsp3) is 0.125. The minimum atomic E-state index is 0.899. The summed E-state index contributed by atoms with van der Waals surface area (Å²) in [6.45, 7) is 4.04. The molecule has 0 amide bonds. The number of hydrogen-bond acceptors (Lipinski definition) is 2. The summed E-state index contributed by atoms with van der Waals surface area (Å²) in [6, 6.07) is 0. The molecule has 0 N–H and O–H groups in total. The normalized spacial score (nSPS) is 9.92. The van der Waals surface area contributed by atoms with Crippen LogP contribution in [0.5, 0.6) is 0 Å². The monoisotopic (exact) mass is 169 g/mol. The fourth-order valence-electron chi connectivity index (χ4n) is 1.25. The van der Waals surface area contributed by atoms with Crippen molar-refractivity contribution in [3.05, 3.63) is 30.1 Å². The van der Waals surface area contributed by atoms with Gasteiger partial charge in [0, 0.05) is 0 Å². The standard InChI is InChI=1S/C8H9B2N3/c1-6-4-12-13(5-6)8-7(9)10-2-3-11-8/h2-5H,9H2,1H3. The summed E-state index contributed by atoms with van der Waals surface area (Å²) in [5, 5.41) is 5.33. The zero-order valence-corrected chi connectivity index (χ0v) is 7.73. The molecule has 0 aliphatic rings. The Bertz CT molecular complexity index is 425. The molecule has 5 heteroatoms. The van der Waals surface area contributed by atoms with Gasteiger partial charge in [0.2, 0.25) is 0 Å². The van der Waals surface area contributed by atoms with Gasteiger partial charge in [-0.15, -0.1) is 0 Å². The van der Waals surface area contributed by atoms with Gasteiger partial charge >= 0.3 is 77.7 Å². The van der Waals surface area contributed by atoms with E-state index in [1.807, 2.05) is 40.0 Å². The van der Waals surface area contributed by atoms with Crippen LogP contribution in [-0.4, -0.2) is 29.5 Å². The van der Waals surface area contributed by atoms with Gasteiger partial charge in [0.15, 0.2) is 0 Å². The van der Waals surface area contributed by atoms with Crippen molar-refractivity contribution in [1.82, 2.24) is 14.8 Å². The van der Waals surface area contributed by atoms with Gasteiger partial charge in [-0.1, -0.05) is 0 Å². The summed E-state index contributed by atoms with van der Waals surface area (Å²) >= 11 is 0. The summed E-state index contributed by atoms with van der Waals surface area (Å²) in [4.78, 5) is 4.26. The third-order valence-electron chi connectivity index (χ3n) is 1.91. The maximum atomic E-state index is 4.26. The van der Waals surface area contributed by atoms with Crippen molar-refractivity contribution < 1.29 is 0 Å². The molecule has 2 heterocycles. The van der Waals surface area contributed by atoms with Crippen LogP contribution in [-0.2, 0) is 0 Å². The molecule has 0 aliphatic carbocycles. The number of hydrogen-bond donors (Lipinski definition) is 0. The van der Waals surface area contributed by atoms with Crippen LogP contribution in [0.15, 0.2) is 24.6 Å². The average Bonchev–Trinajstić information content (AvgIpc) is 2.53. The molecule has 62 valence electrons. The number of aromatic nitrogens is 3. The first-order chi connectivity index (χ1) is 6.27. The van der Waals surface area contributed by atoms with Crippen LogP contribution in [0.1, 0.15) is 5.56 Å². The zero-order chi connectivity index (χ0) is 9.26. The van der Waals surface area contributed by atoms with E-state index < -0.39 is 0 Å². The molecular weight excluding hydrogens is 160 g/mol. The fourth-order valence-corrected chi connectivity index (χ4v) is 1.25. The van der Waals surface area contributed by atoms with Crippen molar-refractivity contribution in [2.45, 2.75) is 6.92 Å². The Labute approximate surface area is 78.4 Å². The van der Waals surface area contributed by atoms with Crippen LogP contribution in [0.2, 0.25) is 0 Å². The molecule has 13 heavy (non-hydrogen) atoms. The zero-order valence-electron chi connectivity index (χ0n) is 7.73. The third kappa shape index (κ3) is 1.54. The third-order valence-corrected chi connectivity index (χ3v) is 1.91. The maximum absolute atomic E-state index is 4.26. The van der Waals surface area contributed by atoms with E-state index in [1.54, 1.807) is 10.9 Å². The topological polar surface area (TPSA) is 30.7 Å². The molecule has 0 atom stereocenters. The Morgan fingerprint density at radius 2 is 2.38 bits per heavy atom. The number of rotatable bonds is 1. The second-order valence-electron chi connectivity index (χ2n) is 3.11. The molecule has 0 radical (unpaired) electrons. The number of aryl methyl sites for hydroxylation is 1. The van der Waals surface area contributed by atoms with Crippen molar-refractivity contribution >= 4 is 20.1 Å². The summed E-state index contributed by atoms with van der Waals surface area (Å²) < 4.78 is 1.80. The van der Waals surface area contributed by atoms with Crippen LogP contribution in [0.25, 0.3) is 5.82 Å². The van der Waals surface area contributed by atoms with E-state index in [0.717, 1.165) is 16.7 Å². The van der Waals surface area contributed by atoms with Gasteiger partial charge < -0.3 is 0 Å². The Hall–Kier alpha value is -1.38. The van der Waals surface area contributed by atoms with E-state index in [9.17, 15) is 0 Å². The first-order valence-electron chi connectivity index (χ1n) is 4.20. The molecule has 0 saturated carbocycles. The van der Waals surface area contributed by atoms with Crippen LogP contribution in [0.3, 0.4) is 0 Å². The summed E-state index contributed by atoms with van der Waals surface area (Å²) in [7, 11) is 2.03. The Morgan fingerprint density at radius 1 is 1.54 bits per heavy atom. The number of nitrogens with zero attached hydrogens (tertiary/aromatic N) is 3. The van der Waals surface area contributed by atoms with Gasteiger partial charge in [0.25, 0.3) is 0 Å². The molecule has 0 unspecified atom stereocenters. The van der Waals surface area contributed by atoms with Crippen molar-refractivity contribution in [2.75, 3.05) is 0 Å². The van der Waals surface area contributed by atoms with Gasteiger partial charge in [0.05, 0.1) is 0 Å². The molecule has 2 aromatic rings. The van der Waals surface area contributed by atoms with Crippen molar-refractivity contribution in [1.29, 1.82) is 0 Å². The molecule has 0 aliphatic heterocycles. The van der Waals surface area contributed by atoms with E-state index in [1.165, 1.54) is 0 Å².